The molecule has 0 fully saturated rings. The number of rotatable bonds is 7. The molecule has 0 heterocycles. The maximum absolute atomic E-state index is 5.43. The number of hydrogen-bond donors (Lipinski definition) is 2. The Morgan fingerprint density at radius 1 is 1.55 bits per heavy atom. The van der Waals surface area contributed by atoms with Crippen LogP contribution in [0.15, 0.2) is 0 Å². The SMILES string of the molecule is CCCCNCC(CN)OC. The Morgan fingerprint density at radius 2 is 2.27 bits per heavy atom. The van der Waals surface area contributed by atoms with Crippen molar-refractivity contribution in [2.24, 2.45) is 5.73 Å². The van der Waals surface area contributed by atoms with Crippen LogP contribution < -0.4 is 11.1 Å². The van der Waals surface area contributed by atoms with Crippen LogP contribution in [0.1, 0.15) is 19.8 Å². The molecule has 1 atom stereocenters. The molecule has 0 aliphatic carbocycles. The van der Waals surface area contributed by atoms with E-state index in [1.165, 1.54) is 12.8 Å². The highest BCUT2D eigenvalue weighted by Crippen LogP contribution is 1.86. The summed E-state index contributed by atoms with van der Waals surface area (Å²) in [6, 6.07) is 0. The first kappa shape index (κ1) is 10.9. The molecule has 68 valence electrons. The summed E-state index contributed by atoms with van der Waals surface area (Å²) in [5, 5.41) is 3.28. The van der Waals surface area contributed by atoms with Gasteiger partial charge < -0.3 is 15.8 Å². The number of nitrogens with one attached hydrogen (secondary N) is 1. The van der Waals surface area contributed by atoms with Crippen LogP contribution in [0.2, 0.25) is 0 Å². The van der Waals surface area contributed by atoms with E-state index in [4.69, 9.17) is 10.5 Å². The first-order valence-electron chi connectivity index (χ1n) is 4.28. The number of hydrogen-bond acceptors (Lipinski definition) is 3. The van der Waals surface area contributed by atoms with Gasteiger partial charge in [-0.3, -0.25) is 0 Å². The van der Waals surface area contributed by atoms with Crippen LogP contribution in [0, 0.1) is 0 Å². The molecule has 0 rings (SSSR count). The maximum atomic E-state index is 5.43. The zero-order chi connectivity index (χ0) is 8.53. The van der Waals surface area contributed by atoms with Crippen molar-refractivity contribution >= 4 is 0 Å². The molecule has 0 aromatic carbocycles. The third-order valence-electron chi connectivity index (χ3n) is 1.68. The van der Waals surface area contributed by atoms with E-state index in [1.807, 2.05) is 0 Å². The van der Waals surface area contributed by atoms with Gasteiger partial charge in [0.25, 0.3) is 0 Å². The van der Waals surface area contributed by atoms with Crippen LogP contribution in [0.4, 0.5) is 0 Å². The molecule has 3 nitrogen and oxygen atoms in total. The number of nitrogens with two attached hydrogens (primary N) is 1. The molecule has 0 bridgehead atoms. The van der Waals surface area contributed by atoms with Crippen molar-refractivity contribution in [2.45, 2.75) is 25.9 Å². The monoisotopic (exact) mass is 160 g/mol. The van der Waals surface area contributed by atoms with Crippen LogP contribution >= 0.6 is 0 Å². The van der Waals surface area contributed by atoms with Gasteiger partial charge >= 0.3 is 0 Å². The Hall–Kier alpha value is -0.120. The minimum absolute atomic E-state index is 0.173. The van der Waals surface area contributed by atoms with Crippen LogP contribution in [-0.4, -0.2) is 32.8 Å². The van der Waals surface area contributed by atoms with E-state index in [1.54, 1.807) is 7.11 Å². The van der Waals surface area contributed by atoms with Gasteiger partial charge in [-0.05, 0) is 13.0 Å². The van der Waals surface area contributed by atoms with Gasteiger partial charge in [-0.15, -0.1) is 0 Å². The molecule has 0 amide bonds. The Balaban J connectivity index is 3.07. The molecule has 0 radical (unpaired) electrons. The van der Waals surface area contributed by atoms with E-state index in [-0.39, 0.29) is 6.10 Å². The highest BCUT2D eigenvalue weighted by molar-refractivity contribution is 4.60. The predicted octanol–water partition coefficient (Wildman–Crippen LogP) is 0.350. The van der Waals surface area contributed by atoms with Crippen molar-refractivity contribution in [1.82, 2.24) is 5.32 Å². The van der Waals surface area contributed by atoms with Crippen LogP contribution in [-0.2, 0) is 4.74 Å². The van der Waals surface area contributed by atoms with Crippen molar-refractivity contribution in [3.05, 3.63) is 0 Å². The Bertz CT molecular complexity index is 74.5. The third kappa shape index (κ3) is 6.28. The average molecular weight is 160 g/mol. The van der Waals surface area contributed by atoms with Gasteiger partial charge in [-0.2, -0.15) is 0 Å². The molecule has 0 spiro atoms. The Labute approximate surface area is 69.3 Å². The molecular weight excluding hydrogens is 140 g/mol. The zero-order valence-corrected chi connectivity index (χ0v) is 7.60. The summed E-state index contributed by atoms with van der Waals surface area (Å²) >= 11 is 0. The van der Waals surface area contributed by atoms with E-state index >= 15 is 0 Å². The van der Waals surface area contributed by atoms with Gasteiger partial charge in [0.1, 0.15) is 0 Å². The fraction of sp³-hybridized carbons (Fsp3) is 1.00. The standard InChI is InChI=1S/C8H20N2O/c1-3-4-5-10-7-8(6-9)11-2/h8,10H,3-7,9H2,1-2H3. The largest absolute Gasteiger partial charge is 0.379 e. The van der Waals surface area contributed by atoms with Crippen molar-refractivity contribution in [1.29, 1.82) is 0 Å². The lowest BCUT2D eigenvalue weighted by molar-refractivity contribution is 0.109. The number of ether oxygens (including phenoxy) is 1. The molecule has 0 aromatic rings. The molecule has 0 aromatic heterocycles. The van der Waals surface area contributed by atoms with Crippen LogP contribution in [0.5, 0.6) is 0 Å². The van der Waals surface area contributed by atoms with Gasteiger partial charge in [-0.1, -0.05) is 13.3 Å². The Kier molecular flexibility index (Phi) is 7.89. The molecule has 0 aliphatic heterocycles. The Morgan fingerprint density at radius 3 is 2.73 bits per heavy atom. The minimum atomic E-state index is 0.173. The van der Waals surface area contributed by atoms with Gasteiger partial charge in [0.05, 0.1) is 6.10 Å². The highest BCUT2D eigenvalue weighted by atomic mass is 16.5. The van der Waals surface area contributed by atoms with E-state index in [9.17, 15) is 0 Å². The van der Waals surface area contributed by atoms with Crippen LogP contribution in [0.3, 0.4) is 0 Å². The second-order valence-corrected chi connectivity index (χ2v) is 2.65. The summed E-state index contributed by atoms with van der Waals surface area (Å²) in [5.41, 5.74) is 5.43. The quantitative estimate of drug-likeness (QED) is 0.528. The fourth-order valence-corrected chi connectivity index (χ4v) is 0.828. The van der Waals surface area contributed by atoms with E-state index in [0.29, 0.717) is 6.54 Å². The summed E-state index contributed by atoms with van der Waals surface area (Å²) in [5.74, 6) is 0. The zero-order valence-electron chi connectivity index (χ0n) is 7.60. The summed E-state index contributed by atoms with van der Waals surface area (Å²) < 4.78 is 5.09. The molecule has 3 N–H and O–H groups in total. The lowest BCUT2D eigenvalue weighted by Gasteiger charge is -2.12. The van der Waals surface area contributed by atoms with Crippen molar-refractivity contribution in [3.63, 3.8) is 0 Å². The van der Waals surface area contributed by atoms with Gasteiger partial charge in [0, 0.05) is 20.2 Å². The molecule has 11 heavy (non-hydrogen) atoms. The smallest absolute Gasteiger partial charge is 0.0817 e. The first-order valence-corrected chi connectivity index (χ1v) is 4.28. The highest BCUT2D eigenvalue weighted by Gasteiger charge is 2.01. The summed E-state index contributed by atoms with van der Waals surface area (Å²) in [6.07, 6.45) is 2.63. The second-order valence-electron chi connectivity index (χ2n) is 2.65. The first-order chi connectivity index (χ1) is 5.35. The summed E-state index contributed by atoms with van der Waals surface area (Å²) in [6.45, 7) is 4.71. The summed E-state index contributed by atoms with van der Waals surface area (Å²) in [7, 11) is 1.69. The second kappa shape index (κ2) is 7.98. The lowest BCUT2D eigenvalue weighted by Crippen LogP contribution is -2.34. The predicted molar refractivity (Wildman–Crippen MR) is 47.6 cm³/mol. The normalized spacial score (nSPS) is 13.4. The van der Waals surface area contributed by atoms with E-state index in [2.05, 4.69) is 12.2 Å². The molecule has 0 saturated heterocycles. The van der Waals surface area contributed by atoms with E-state index < -0.39 is 0 Å². The van der Waals surface area contributed by atoms with E-state index in [0.717, 1.165) is 13.1 Å². The molecular formula is C8H20N2O. The molecule has 0 saturated carbocycles. The molecule has 1 unspecified atom stereocenters. The topological polar surface area (TPSA) is 47.3 Å². The number of unbranched alkanes of at least 4 members (excludes halogenated alkanes) is 1. The van der Waals surface area contributed by atoms with Crippen LogP contribution in [0.25, 0.3) is 0 Å². The van der Waals surface area contributed by atoms with Gasteiger partial charge in [0.2, 0.25) is 0 Å². The summed E-state index contributed by atoms with van der Waals surface area (Å²) in [4.78, 5) is 0. The third-order valence-corrected chi connectivity index (χ3v) is 1.68. The molecule has 0 aliphatic rings. The number of methoxy groups -OCH3 is 1. The maximum Gasteiger partial charge on any atom is 0.0817 e. The van der Waals surface area contributed by atoms with Gasteiger partial charge in [0.15, 0.2) is 0 Å². The fourth-order valence-electron chi connectivity index (χ4n) is 0.828. The van der Waals surface area contributed by atoms with Crippen molar-refractivity contribution < 1.29 is 4.74 Å². The van der Waals surface area contributed by atoms with Crippen molar-refractivity contribution in [2.75, 3.05) is 26.7 Å². The van der Waals surface area contributed by atoms with Gasteiger partial charge in [-0.25, -0.2) is 0 Å². The average Bonchev–Trinajstić information content (AvgIpc) is 2.05. The molecule has 3 heteroatoms. The van der Waals surface area contributed by atoms with Crippen molar-refractivity contribution in [3.8, 4) is 0 Å². The minimum Gasteiger partial charge on any atom is -0.379 e. The lowest BCUT2D eigenvalue weighted by atomic mass is 10.3.